The number of carbonyl (C=O) groups excluding carboxylic acids is 3. The first-order valence-corrected chi connectivity index (χ1v) is 11.0. The molecule has 2 aliphatic heterocycles. The number of hydrogen-bond donors (Lipinski definition) is 2. The van der Waals surface area contributed by atoms with Crippen molar-refractivity contribution in [3.63, 3.8) is 0 Å². The molecule has 0 unspecified atom stereocenters. The van der Waals surface area contributed by atoms with Crippen molar-refractivity contribution >= 4 is 35.2 Å². The van der Waals surface area contributed by atoms with Crippen LogP contribution in [0.1, 0.15) is 35.2 Å². The summed E-state index contributed by atoms with van der Waals surface area (Å²) in [4.78, 5) is 40.8. The van der Waals surface area contributed by atoms with Crippen LogP contribution in [0.4, 0.5) is 14.9 Å². The highest BCUT2D eigenvalue weighted by molar-refractivity contribution is 6.30. The summed E-state index contributed by atoms with van der Waals surface area (Å²) >= 11 is 5.79. The highest BCUT2D eigenvalue weighted by Gasteiger charge is 2.49. The Morgan fingerprint density at radius 1 is 1.15 bits per heavy atom. The Morgan fingerprint density at radius 2 is 1.91 bits per heavy atom. The van der Waals surface area contributed by atoms with Gasteiger partial charge in [0.1, 0.15) is 5.82 Å². The molecule has 174 valence electrons. The quantitative estimate of drug-likeness (QED) is 0.647. The fraction of sp³-hybridized carbons (Fsp3) is 0.348. The second-order valence-corrected chi connectivity index (χ2v) is 8.50. The number of nitrogens with zero attached hydrogens (tertiary/aromatic N) is 2. The lowest BCUT2D eigenvalue weighted by Gasteiger charge is -2.23. The molecule has 2 aromatic carbocycles. The zero-order chi connectivity index (χ0) is 23.6. The molecule has 10 heteroatoms. The third-order valence-electron chi connectivity index (χ3n) is 5.67. The van der Waals surface area contributed by atoms with Crippen molar-refractivity contribution in [2.45, 2.75) is 31.6 Å². The van der Waals surface area contributed by atoms with E-state index in [-0.39, 0.29) is 30.4 Å². The Labute approximate surface area is 194 Å². The number of amides is 3. The number of halogens is 2. The van der Waals surface area contributed by atoms with Crippen LogP contribution in [0.15, 0.2) is 42.5 Å². The number of aliphatic hydroxyl groups is 1. The molecule has 33 heavy (non-hydrogen) atoms. The first kappa shape index (κ1) is 23.0. The Kier molecular flexibility index (Phi) is 6.53. The summed E-state index contributed by atoms with van der Waals surface area (Å²) in [5.41, 5.74) is 1.27. The molecule has 2 saturated heterocycles. The molecule has 2 N–H and O–H groups in total. The molecule has 2 heterocycles. The van der Waals surface area contributed by atoms with E-state index in [0.29, 0.717) is 29.9 Å². The van der Waals surface area contributed by atoms with Gasteiger partial charge in [-0.3, -0.25) is 9.59 Å². The van der Waals surface area contributed by atoms with Gasteiger partial charge < -0.3 is 25.0 Å². The minimum absolute atomic E-state index is 0.101. The van der Waals surface area contributed by atoms with Crippen LogP contribution in [0, 0.1) is 5.82 Å². The molecule has 0 spiro atoms. The minimum Gasteiger partial charge on any atom is -0.407 e. The molecule has 0 aliphatic carbocycles. The van der Waals surface area contributed by atoms with Crippen molar-refractivity contribution in [1.29, 1.82) is 0 Å². The van der Waals surface area contributed by atoms with Crippen molar-refractivity contribution in [3.8, 4) is 0 Å². The van der Waals surface area contributed by atoms with Gasteiger partial charge in [-0.15, -0.1) is 0 Å². The topological polar surface area (TPSA) is 99.2 Å². The smallest absolute Gasteiger partial charge is 0.407 e. The third-order valence-corrected chi connectivity index (χ3v) is 5.89. The minimum atomic E-state index is -2.35. The van der Waals surface area contributed by atoms with Crippen molar-refractivity contribution in [2.75, 3.05) is 24.5 Å². The standard InChI is InChI=1S/C23H23ClFN3O5/c24-17-10-15(11-18(25)13-17)14-26-22(31)33-23(32)6-9-28(21(23)30)19-5-3-4-16(12-19)20(29)27-7-1-2-8-27/h3-5,10-13,32H,1-2,6-9,14H2,(H,26,31)/t23-/m1/s1. The molecular formula is C23H23ClFN3O5. The molecule has 4 rings (SSSR count). The highest BCUT2D eigenvalue weighted by Crippen LogP contribution is 2.30. The molecule has 2 aromatic rings. The Morgan fingerprint density at radius 3 is 2.64 bits per heavy atom. The predicted octanol–water partition coefficient (Wildman–Crippen LogP) is 3.07. The average molecular weight is 476 g/mol. The number of rotatable bonds is 5. The summed E-state index contributed by atoms with van der Waals surface area (Å²) in [5.74, 6) is -3.82. The Balaban J connectivity index is 1.39. The molecule has 1 atom stereocenters. The van der Waals surface area contributed by atoms with Gasteiger partial charge in [0.15, 0.2) is 0 Å². The summed E-state index contributed by atoms with van der Waals surface area (Å²) in [5, 5.41) is 13.2. The summed E-state index contributed by atoms with van der Waals surface area (Å²) in [7, 11) is 0. The van der Waals surface area contributed by atoms with Crippen LogP contribution in [-0.2, 0) is 16.1 Å². The predicted molar refractivity (Wildman–Crippen MR) is 118 cm³/mol. The van der Waals surface area contributed by atoms with Crippen LogP contribution in [0.3, 0.4) is 0 Å². The van der Waals surface area contributed by atoms with Gasteiger partial charge in [0, 0.05) is 48.9 Å². The maximum Gasteiger partial charge on any atom is 0.410 e. The summed E-state index contributed by atoms with van der Waals surface area (Å²) in [6.45, 7) is 1.40. The molecule has 0 saturated carbocycles. The van der Waals surface area contributed by atoms with E-state index in [1.165, 1.54) is 17.0 Å². The normalized spacial score (nSPS) is 20.3. The van der Waals surface area contributed by atoms with E-state index < -0.39 is 23.6 Å². The van der Waals surface area contributed by atoms with E-state index in [4.69, 9.17) is 16.3 Å². The fourth-order valence-corrected chi connectivity index (χ4v) is 4.25. The summed E-state index contributed by atoms with van der Waals surface area (Å²) < 4.78 is 18.4. The highest BCUT2D eigenvalue weighted by atomic mass is 35.5. The Hall–Kier alpha value is -3.17. The maximum absolute atomic E-state index is 13.4. The van der Waals surface area contributed by atoms with Crippen molar-refractivity contribution in [2.24, 2.45) is 0 Å². The average Bonchev–Trinajstić information content (AvgIpc) is 3.40. The number of likely N-dealkylation sites (tertiary alicyclic amines) is 1. The lowest BCUT2D eigenvalue weighted by molar-refractivity contribution is -0.175. The lowest BCUT2D eigenvalue weighted by atomic mass is 10.1. The number of anilines is 1. The van der Waals surface area contributed by atoms with Gasteiger partial charge in [-0.1, -0.05) is 17.7 Å². The van der Waals surface area contributed by atoms with Crippen molar-refractivity contribution < 1.29 is 28.6 Å². The van der Waals surface area contributed by atoms with Crippen LogP contribution in [0.25, 0.3) is 0 Å². The zero-order valence-corrected chi connectivity index (χ0v) is 18.5. The number of benzene rings is 2. The summed E-state index contributed by atoms with van der Waals surface area (Å²) in [6, 6.07) is 10.4. The number of hydrogen-bond acceptors (Lipinski definition) is 5. The van der Waals surface area contributed by atoms with Gasteiger partial charge in [-0.2, -0.15) is 0 Å². The third kappa shape index (κ3) is 5.09. The van der Waals surface area contributed by atoms with E-state index in [1.54, 1.807) is 29.2 Å². The maximum atomic E-state index is 13.4. The van der Waals surface area contributed by atoms with Gasteiger partial charge in [0.25, 0.3) is 17.6 Å². The largest absolute Gasteiger partial charge is 0.410 e. The Bertz CT molecular complexity index is 1070. The molecule has 0 radical (unpaired) electrons. The first-order chi connectivity index (χ1) is 15.7. The second-order valence-electron chi connectivity index (χ2n) is 8.06. The number of nitrogens with one attached hydrogen (secondary N) is 1. The van der Waals surface area contributed by atoms with Gasteiger partial charge in [-0.05, 0) is 54.8 Å². The van der Waals surface area contributed by atoms with Gasteiger partial charge in [0.05, 0.1) is 0 Å². The molecule has 3 amide bonds. The second kappa shape index (κ2) is 9.36. The monoisotopic (exact) mass is 475 g/mol. The molecule has 0 aromatic heterocycles. The molecule has 2 fully saturated rings. The molecule has 2 aliphatic rings. The van der Waals surface area contributed by atoms with Gasteiger partial charge in [0.2, 0.25) is 0 Å². The van der Waals surface area contributed by atoms with Gasteiger partial charge >= 0.3 is 6.09 Å². The van der Waals surface area contributed by atoms with Crippen LogP contribution in [-0.4, -0.2) is 53.3 Å². The van der Waals surface area contributed by atoms with Crippen molar-refractivity contribution in [3.05, 3.63) is 64.4 Å². The first-order valence-electron chi connectivity index (χ1n) is 10.6. The molecular weight excluding hydrogens is 453 g/mol. The van der Waals surface area contributed by atoms with Crippen LogP contribution < -0.4 is 10.2 Å². The van der Waals surface area contributed by atoms with E-state index >= 15 is 0 Å². The number of carbonyl (C=O) groups is 3. The summed E-state index contributed by atoms with van der Waals surface area (Å²) in [6.07, 6.45) is 0.754. The lowest BCUT2D eigenvalue weighted by Crippen LogP contribution is -2.46. The molecule has 8 nitrogen and oxygen atoms in total. The van der Waals surface area contributed by atoms with Gasteiger partial charge in [-0.25, -0.2) is 9.18 Å². The van der Waals surface area contributed by atoms with E-state index in [2.05, 4.69) is 5.32 Å². The van der Waals surface area contributed by atoms with E-state index in [1.807, 2.05) is 0 Å². The fourth-order valence-electron chi connectivity index (χ4n) is 4.01. The van der Waals surface area contributed by atoms with Crippen molar-refractivity contribution in [1.82, 2.24) is 10.2 Å². The van der Waals surface area contributed by atoms with E-state index in [9.17, 15) is 23.9 Å². The number of ether oxygens (including phenoxy) is 1. The molecule has 0 bridgehead atoms. The zero-order valence-electron chi connectivity index (χ0n) is 17.7. The van der Waals surface area contributed by atoms with Crippen LogP contribution >= 0.6 is 11.6 Å². The van der Waals surface area contributed by atoms with E-state index in [0.717, 1.165) is 18.9 Å². The van der Waals surface area contributed by atoms with Crippen LogP contribution in [0.2, 0.25) is 5.02 Å². The SMILES string of the molecule is O=C(NCc1cc(F)cc(Cl)c1)O[C@]1(O)CCN(c2cccc(C(=O)N3CCCC3)c2)C1=O. The van der Waals surface area contributed by atoms with Crippen LogP contribution in [0.5, 0.6) is 0 Å². The number of alkyl carbamates (subject to hydrolysis) is 1.